The van der Waals surface area contributed by atoms with E-state index < -0.39 is 0 Å². The first kappa shape index (κ1) is 9.02. The molecule has 74 valence electrons. The van der Waals surface area contributed by atoms with E-state index in [1.54, 1.807) is 6.20 Å². The first-order chi connectivity index (χ1) is 6.70. The standard InChI is InChI=1S/C10H13N3O/c1-6-3-8(7(2)14-6)9-5-12-10(4-11)13-9/h3,5H,4,11H2,1-2H3,(H,12,13). The lowest BCUT2D eigenvalue weighted by Gasteiger charge is -1.92. The molecular weight excluding hydrogens is 178 g/mol. The highest BCUT2D eigenvalue weighted by Gasteiger charge is 2.09. The van der Waals surface area contributed by atoms with Gasteiger partial charge in [-0.15, -0.1) is 0 Å². The van der Waals surface area contributed by atoms with Gasteiger partial charge >= 0.3 is 0 Å². The summed E-state index contributed by atoms with van der Waals surface area (Å²) in [4.78, 5) is 7.28. The molecule has 2 aromatic heterocycles. The van der Waals surface area contributed by atoms with Gasteiger partial charge in [0.25, 0.3) is 0 Å². The number of nitrogens with one attached hydrogen (secondary N) is 1. The molecule has 0 aromatic carbocycles. The summed E-state index contributed by atoms with van der Waals surface area (Å²) in [6.07, 6.45) is 1.78. The second kappa shape index (κ2) is 3.31. The van der Waals surface area contributed by atoms with Crippen LogP contribution in [0.1, 0.15) is 17.3 Å². The van der Waals surface area contributed by atoms with Crippen molar-refractivity contribution >= 4 is 0 Å². The van der Waals surface area contributed by atoms with Crippen molar-refractivity contribution in [1.29, 1.82) is 0 Å². The van der Waals surface area contributed by atoms with Crippen molar-refractivity contribution in [2.45, 2.75) is 20.4 Å². The Morgan fingerprint density at radius 1 is 1.50 bits per heavy atom. The molecular formula is C10H13N3O. The topological polar surface area (TPSA) is 67.8 Å². The molecule has 2 heterocycles. The van der Waals surface area contributed by atoms with Crippen molar-refractivity contribution in [1.82, 2.24) is 9.97 Å². The Morgan fingerprint density at radius 2 is 2.29 bits per heavy atom. The molecule has 0 bridgehead atoms. The summed E-state index contributed by atoms with van der Waals surface area (Å²) in [5.74, 6) is 2.59. The number of rotatable bonds is 2. The number of aryl methyl sites for hydroxylation is 2. The Balaban J connectivity index is 2.43. The molecule has 0 aliphatic heterocycles. The van der Waals surface area contributed by atoms with E-state index >= 15 is 0 Å². The van der Waals surface area contributed by atoms with Crippen molar-refractivity contribution in [3.63, 3.8) is 0 Å². The minimum atomic E-state index is 0.426. The lowest BCUT2D eigenvalue weighted by Crippen LogP contribution is -1.97. The van der Waals surface area contributed by atoms with Gasteiger partial charge in [0, 0.05) is 5.56 Å². The highest BCUT2D eigenvalue weighted by Crippen LogP contribution is 2.24. The van der Waals surface area contributed by atoms with Gasteiger partial charge in [-0.2, -0.15) is 0 Å². The van der Waals surface area contributed by atoms with Crippen LogP contribution < -0.4 is 5.73 Å². The van der Waals surface area contributed by atoms with E-state index in [0.29, 0.717) is 6.54 Å². The molecule has 3 N–H and O–H groups in total. The lowest BCUT2D eigenvalue weighted by molar-refractivity contribution is 0.505. The van der Waals surface area contributed by atoms with Gasteiger partial charge in [-0.25, -0.2) is 4.98 Å². The molecule has 4 heteroatoms. The average molecular weight is 191 g/mol. The lowest BCUT2D eigenvalue weighted by atomic mass is 10.2. The molecule has 0 aliphatic rings. The fraction of sp³-hybridized carbons (Fsp3) is 0.300. The van der Waals surface area contributed by atoms with Crippen molar-refractivity contribution in [3.8, 4) is 11.3 Å². The summed E-state index contributed by atoms with van der Waals surface area (Å²) in [6.45, 7) is 4.29. The number of aromatic amines is 1. The zero-order valence-corrected chi connectivity index (χ0v) is 8.29. The fourth-order valence-corrected chi connectivity index (χ4v) is 1.50. The van der Waals surface area contributed by atoms with Gasteiger partial charge in [0.15, 0.2) is 0 Å². The Labute approximate surface area is 82.1 Å². The minimum absolute atomic E-state index is 0.426. The molecule has 0 fully saturated rings. The Hall–Kier alpha value is -1.55. The summed E-state index contributed by atoms with van der Waals surface area (Å²) in [6, 6.07) is 1.99. The van der Waals surface area contributed by atoms with Crippen LogP contribution in [-0.2, 0) is 6.54 Å². The van der Waals surface area contributed by atoms with E-state index in [4.69, 9.17) is 10.2 Å². The largest absolute Gasteiger partial charge is 0.466 e. The number of nitrogens with two attached hydrogens (primary N) is 1. The van der Waals surface area contributed by atoms with E-state index in [1.807, 2.05) is 19.9 Å². The monoisotopic (exact) mass is 191 g/mol. The predicted octanol–water partition coefficient (Wildman–Crippen LogP) is 1.75. The number of aromatic nitrogens is 2. The molecule has 0 amide bonds. The van der Waals surface area contributed by atoms with Crippen LogP contribution in [0.4, 0.5) is 0 Å². The van der Waals surface area contributed by atoms with Crippen molar-refractivity contribution in [3.05, 3.63) is 29.6 Å². The molecule has 0 saturated carbocycles. The quantitative estimate of drug-likeness (QED) is 0.759. The summed E-state index contributed by atoms with van der Waals surface area (Å²) >= 11 is 0. The van der Waals surface area contributed by atoms with Crippen LogP contribution in [0.5, 0.6) is 0 Å². The molecule has 0 aliphatic carbocycles. The molecule has 0 saturated heterocycles. The van der Waals surface area contributed by atoms with Crippen molar-refractivity contribution < 1.29 is 4.42 Å². The zero-order chi connectivity index (χ0) is 10.1. The molecule has 0 atom stereocenters. The highest BCUT2D eigenvalue weighted by atomic mass is 16.3. The van der Waals surface area contributed by atoms with Gasteiger partial charge in [-0.05, 0) is 19.9 Å². The van der Waals surface area contributed by atoms with Gasteiger partial charge in [-0.1, -0.05) is 0 Å². The maximum absolute atomic E-state index is 5.47. The molecule has 2 rings (SSSR count). The maximum Gasteiger partial charge on any atom is 0.120 e. The summed E-state index contributed by atoms with van der Waals surface area (Å²) in [5, 5.41) is 0. The zero-order valence-electron chi connectivity index (χ0n) is 8.29. The van der Waals surface area contributed by atoms with E-state index in [-0.39, 0.29) is 0 Å². The number of furan rings is 1. The highest BCUT2D eigenvalue weighted by molar-refractivity contribution is 5.61. The third kappa shape index (κ3) is 1.44. The van der Waals surface area contributed by atoms with Gasteiger partial charge in [0.1, 0.15) is 17.3 Å². The number of imidazole rings is 1. The fourth-order valence-electron chi connectivity index (χ4n) is 1.50. The Bertz CT molecular complexity index is 442. The van der Waals surface area contributed by atoms with Gasteiger partial charge in [0.2, 0.25) is 0 Å². The molecule has 2 aromatic rings. The predicted molar refractivity (Wildman–Crippen MR) is 53.7 cm³/mol. The molecule has 14 heavy (non-hydrogen) atoms. The summed E-state index contributed by atoms with van der Waals surface area (Å²) in [7, 11) is 0. The summed E-state index contributed by atoms with van der Waals surface area (Å²) < 4.78 is 5.43. The van der Waals surface area contributed by atoms with Crippen molar-refractivity contribution in [2.75, 3.05) is 0 Å². The van der Waals surface area contributed by atoms with Crippen LogP contribution in [-0.4, -0.2) is 9.97 Å². The third-order valence-electron chi connectivity index (χ3n) is 2.15. The summed E-state index contributed by atoms with van der Waals surface area (Å²) in [5.41, 5.74) is 7.48. The number of hydrogen-bond donors (Lipinski definition) is 2. The van der Waals surface area contributed by atoms with E-state index in [1.165, 1.54) is 0 Å². The third-order valence-corrected chi connectivity index (χ3v) is 2.15. The van der Waals surface area contributed by atoms with Crippen LogP contribution in [0.3, 0.4) is 0 Å². The molecule has 4 nitrogen and oxygen atoms in total. The van der Waals surface area contributed by atoms with E-state index in [0.717, 1.165) is 28.6 Å². The minimum Gasteiger partial charge on any atom is -0.466 e. The normalized spacial score (nSPS) is 10.8. The molecule has 0 spiro atoms. The first-order valence-corrected chi connectivity index (χ1v) is 4.52. The molecule has 0 unspecified atom stereocenters. The van der Waals surface area contributed by atoms with Crippen LogP contribution in [0, 0.1) is 13.8 Å². The second-order valence-electron chi connectivity index (χ2n) is 3.27. The van der Waals surface area contributed by atoms with E-state index in [2.05, 4.69) is 9.97 Å². The SMILES string of the molecule is Cc1cc(-c2cnc(CN)[nH]2)c(C)o1. The molecule has 0 radical (unpaired) electrons. The maximum atomic E-state index is 5.47. The Morgan fingerprint density at radius 3 is 2.79 bits per heavy atom. The van der Waals surface area contributed by atoms with Crippen molar-refractivity contribution in [2.24, 2.45) is 5.73 Å². The number of nitrogens with zero attached hydrogens (tertiary/aromatic N) is 1. The Kier molecular flexibility index (Phi) is 2.13. The smallest absolute Gasteiger partial charge is 0.120 e. The first-order valence-electron chi connectivity index (χ1n) is 4.52. The number of H-pyrrole nitrogens is 1. The average Bonchev–Trinajstić information content (AvgIpc) is 2.71. The second-order valence-corrected chi connectivity index (χ2v) is 3.27. The van der Waals surface area contributed by atoms with Gasteiger partial charge in [-0.3, -0.25) is 0 Å². The van der Waals surface area contributed by atoms with Crippen LogP contribution in [0.2, 0.25) is 0 Å². The number of hydrogen-bond acceptors (Lipinski definition) is 3. The van der Waals surface area contributed by atoms with Crippen LogP contribution in [0.15, 0.2) is 16.7 Å². The van der Waals surface area contributed by atoms with Crippen LogP contribution >= 0.6 is 0 Å². The van der Waals surface area contributed by atoms with E-state index in [9.17, 15) is 0 Å². The van der Waals surface area contributed by atoms with Crippen LogP contribution in [0.25, 0.3) is 11.3 Å². The van der Waals surface area contributed by atoms with Gasteiger partial charge < -0.3 is 15.1 Å². The van der Waals surface area contributed by atoms with Gasteiger partial charge in [0.05, 0.1) is 18.4 Å².